The van der Waals surface area contributed by atoms with Gasteiger partial charge < -0.3 is 10.6 Å². The molecule has 0 amide bonds. The minimum Gasteiger partial charge on any atom is -0.308 e. The second-order valence-corrected chi connectivity index (χ2v) is 2.67. The minimum absolute atomic E-state index is 0.299. The van der Waals surface area contributed by atoms with E-state index in [1.807, 2.05) is 14.1 Å². The van der Waals surface area contributed by atoms with Crippen molar-refractivity contribution in [1.82, 2.24) is 16.0 Å². The van der Waals surface area contributed by atoms with Crippen molar-refractivity contribution >= 4 is 0 Å². The van der Waals surface area contributed by atoms with Crippen molar-refractivity contribution in [2.75, 3.05) is 20.8 Å². The Kier molecular flexibility index (Phi) is 7.05. The Morgan fingerprint density at radius 1 is 1.42 bits per heavy atom. The van der Waals surface area contributed by atoms with Gasteiger partial charge in [0.15, 0.2) is 0 Å². The molecule has 0 aliphatic heterocycles. The summed E-state index contributed by atoms with van der Waals surface area (Å²) in [5.41, 5.74) is 1.40. The summed E-state index contributed by atoms with van der Waals surface area (Å²) in [6, 6.07) is 0. The summed E-state index contributed by atoms with van der Waals surface area (Å²) >= 11 is 0. The van der Waals surface area contributed by atoms with Gasteiger partial charge in [-0.05, 0) is 33.0 Å². The average Bonchev–Trinajstić information content (AvgIpc) is 2.12. The fraction of sp³-hybridized carbons (Fsp3) is 0.778. The molecule has 0 bridgehead atoms. The first-order valence-corrected chi connectivity index (χ1v) is 4.50. The van der Waals surface area contributed by atoms with Gasteiger partial charge in [0.2, 0.25) is 0 Å². The van der Waals surface area contributed by atoms with E-state index >= 15 is 0 Å². The highest BCUT2D eigenvalue weighted by Gasteiger charge is 2.06. The first kappa shape index (κ1) is 11.6. The molecular formula is C9H21N3. The largest absolute Gasteiger partial charge is 0.308 e. The molecule has 0 fully saturated rings. The molecule has 0 aromatic rings. The smallest absolute Gasteiger partial charge is 0.0801 e. The third-order valence-corrected chi connectivity index (χ3v) is 1.92. The second kappa shape index (κ2) is 7.28. The molecule has 1 atom stereocenters. The maximum absolute atomic E-state index is 3.33. The van der Waals surface area contributed by atoms with Crippen molar-refractivity contribution in [3.8, 4) is 0 Å². The van der Waals surface area contributed by atoms with Gasteiger partial charge >= 0.3 is 0 Å². The molecule has 0 saturated carbocycles. The maximum atomic E-state index is 3.33. The van der Waals surface area contributed by atoms with Crippen LogP contribution in [0.2, 0.25) is 0 Å². The lowest BCUT2D eigenvalue weighted by Gasteiger charge is -2.20. The van der Waals surface area contributed by atoms with Crippen LogP contribution >= 0.6 is 0 Å². The van der Waals surface area contributed by atoms with Crippen molar-refractivity contribution in [3.63, 3.8) is 0 Å². The van der Waals surface area contributed by atoms with Crippen LogP contribution in [0.5, 0.6) is 0 Å². The van der Waals surface area contributed by atoms with E-state index in [1.165, 1.54) is 5.57 Å². The molecule has 1 unspecified atom stereocenters. The molecule has 0 radical (unpaired) electrons. The van der Waals surface area contributed by atoms with Crippen molar-refractivity contribution in [2.24, 2.45) is 0 Å². The predicted octanol–water partition coefficient (Wildman–Crippen LogP) is 0.655. The van der Waals surface area contributed by atoms with Gasteiger partial charge in [0.25, 0.3) is 0 Å². The van der Waals surface area contributed by atoms with Crippen molar-refractivity contribution in [2.45, 2.75) is 26.4 Å². The topological polar surface area (TPSA) is 36.1 Å². The Hall–Kier alpha value is -0.380. The zero-order chi connectivity index (χ0) is 9.40. The Balaban J connectivity index is 3.94. The van der Waals surface area contributed by atoms with Crippen LogP contribution in [-0.2, 0) is 0 Å². The van der Waals surface area contributed by atoms with E-state index in [-0.39, 0.29) is 0 Å². The summed E-state index contributed by atoms with van der Waals surface area (Å²) in [4.78, 5) is 0. The molecule has 0 aromatic carbocycles. The van der Waals surface area contributed by atoms with Gasteiger partial charge in [-0.15, -0.1) is 0 Å². The van der Waals surface area contributed by atoms with Gasteiger partial charge in [0.1, 0.15) is 0 Å². The molecule has 0 heterocycles. The number of allylic oxidation sites excluding steroid dienone is 1. The Labute approximate surface area is 75.6 Å². The summed E-state index contributed by atoms with van der Waals surface area (Å²) in [6.07, 6.45) is 3.54. The van der Waals surface area contributed by atoms with E-state index in [2.05, 4.69) is 35.9 Å². The third-order valence-electron chi connectivity index (χ3n) is 1.92. The molecule has 3 nitrogen and oxygen atoms in total. The second-order valence-electron chi connectivity index (χ2n) is 2.67. The number of rotatable bonds is 6. The fourth-order valence-corrected chi connectivity index (χ4v) is 1.20. The Bertz CT molecular complexity index is 132. The van der Waals surface area contributed by atoms with Gasteiger partial charge in [-0.3, -0.25) is 5.32 Å². The van der Waals surface area contributed by atoms with Crippen molar-refractivity contribution in [1.29, 1.82) is 0 Å². The van der Waals surface area contributed by atoms with Crippen LogP contribution in [-0.4, -0.2) is 26.9 Å². The molecule has 0 aromatic heterocycles. The number of hydrogen-bond acceptors (Lipinski definition) is 3. The van der Waals surface area contributed by atoms with Gasteiger partial charge in [-0.25, -0.2) is 0 Å². The van der Waals surface area contributed by atoms with E-state index in [0.717, 1.165) is 13.1 Å². The molecule has 12 heavy (non-hydrogen) atoms. The monoisotopic (exact) mass is 171 g/mol. The van der Waals surface area contributed by atoms with Crippen LogP contribution in [0, 0.1) is 0 Å². The van der Waals surface area contributed by atoms with Crippen LogP contribution in [0.4, 0.5) is 0 Å². The highest BCUT2D eigenvalue weighted by atomic mass is 15.2. The molecule has 0 aliphatic rings. The molecule has 0 spiro atoms. The van der Waals surface area contributed by atoms with Crippen LogP contribution < -0.4 is 16.0 Å². The molecule has 0 saturated heterocycles. The molecule has 3 N–H and O–H groups in total. The van der Waals surface area contributed by atoms with Crippen LogP contribution in [0.25, 0.3) is 0 Å². The van der Waals surface area contributed by atoms with E-state index in [0.29, 0.717) is 6.17 Å². The number of likely N-dealkylation sites (N-methyl/N-ethyl adjacent to an activating group) is 1. The molecule has 0 rings (SSSR count). The number of hydrogen-bond donors (Lipinski definition) is 3. The van der Waals surface area contributed by atoms with E-state index in [1.54, 1.807) is 0 Å². The van der Waals surface area contributed by atoms with Gasteiger partial charge in [-0.2, -0.15) is 0 Å². The summed E-state index contributed by atoms with van der Waals surface area (Å²) in [5, 5.41) is 9.61. The first-order chi connectivity index (χ1) is 5.79. The van der Waals surface area contributed by atoms with Gasteiger partial charge in [-0.1, -0.05) is 13.0 Å². The average molecular weight is 171 g/mol. The molecule has 3 heteroatoms. The zero-order valence-corrected chi connectivity index (χ0v) is 8.57. The lowest BCUT2D eigenvalue weighted by molar-refractivity contribution is 0.483. The van der Waals surface area contributed by atoms with Crippen molar-refractivity contribution < 1.29 is 0 Å². The van der Waals surface area contributed by atoms with Crippen LogP contribution in [0.3, 0.4) is 0 Å². The van der Waals surface area contributed by atoms with E-state index in [9.17, 15) is 0 Å². The van der Waals surface area contributed by atoms with Crippen LogP contribution in [0.15, 0.2) is 11.6 Å². The molecular weight excluding hydrogens is 150 g/mol. The maximum Gasteiger partial charge on any atom is 0.0801 e. The predicted molar refractivity (Wildman–Crippen MR) is 54.0 cm³/mol. The SMILES string of the molecule is C/C=C(\CC)C(NC)NCNC. The van der Waals surface area contributed by atoms with Crippen molar-refractivity contribution in [3.05, 3.63) is 11.6 Å². The van der Waals surface area contributed by atoms with Gasteiger partial charge in [0, 0.05) is 6.67 Å². The first-order valence-electron chi connectivity index (χ1n) is 4.50. The summed E-state index contributed by atoms with van der Waals surface area (Å²) in [5.74, 6) is 0. The number of nitrogens with one attached hydrogen (secondary N) is 3. The normalized spacial score (nSPS) is 14.8. The van der Waals surface area contributed by atoms with Crippen LogP contribution in [0.1, 0.15) is 20.3 Å². The lowest BCUT2D eigenvalue weighted by atomic mass is 10.1. The fourth-order valence-electron chi connectivity index (χ4n) is 1.20. The highest BCUT2D eigenvalue weighted by molar-refractivity contribution is 5.07. The lowest BCUT2D eigenvalue weighted by Crippen LogP contribution is -2.45. The third kappa shape index (κ3) is 3.85. The molecule has 72 valence electrons. The summed E-state index contributed by atoms with van der Waals surface area (Å²) in [7, 11) is 3.90. The quantitative estimate of drug-likeness (QED) is 0.406. The Morgan fingerprint density at radius 3 is 2.42 bits per heavy atom. The van der Waals surface area contributed by atoms with E-state index in [4.69, 9.17) is 0 Å². The summed E-state index contributed by atoms with van der Waals surface area (Å²) < 4.78 is 0. The molecule has 0 aliphatic carbocycles. The van der Waals surface area contributed by atoms with E-state index < -0.39 is 0 Å². The standard InChI is InChI=1S/C9H21N3/c1-5-8(6-2)9(11-4)12-7-10-3/h5,9-12H,6-7H2,1-4H3/b8-5+. The van der Waals surface area contributed by atoms with Gasteiger partial charge in [0.05, 0.1) is 6.17 Å². The zero-order valence-electron chi connectivity index (χ0n) is 8.57. The minimum atomic E-state index is 0.299. The Morgan fingerprint density at radius 2 is 2.08 bits per heavy atom. The summed E-state index contributed by atoms with van der Waals surface area (Å²) in [6.45, 7) is 5.06. The highest BCUT2D eigenvalue weighted by Crippen LogP contribution is 2.03.